The van der Waals surface area contributed by atoms with Gasteiger partial charge in [-0.25, -0.2) is 0 Å². The Balaban J connectivity index is 1.77. The summed E-state index contributed by atoms with van der Waals surface area (Å²) in [5.41, 5.74) is 6.31. The zero-order valence-corrected chi connectivity index (χ0v) is 15.5. The van der Waals surface area contributed by atoms with Crippen molar-refractivity contribution in [1.29, 1.82) is 0 Å². The Labute approximate surface area is 157 Å². The normalized spacial score (nSPS) is 10.7. The van der Waals surface area contributed by atoms with Crippen molar-refractivity contribution < 1.29 is 4.79 Å². The molecule has 0 radical (unpaired) electrons. The monoisotopic (exact) mass is 388 g/mol. The number of amides is 1. The molecule has 0 saturated carbocycles. The Hall–Kier alpha value is -2.72. The number of rotatable bonds is 6. The van der Waals surface area contributed by atoms with Gasteiger partial charge in [-0.2, -0.15) is 4.98 Å². The Morgan fingerprint density at radius 1 is 1.31 bits per heavy atom. The number of benzene rings is 1. The van der Waals surface area contributed by atoms with E-state index in [9.17, 15) is 9.59 Å². The molecule has 0 aliphatic rings. The van der Waals surface area contributed by atoms with Crippen LogP contribution in [0.1, 0.15) is 11.9 Å². The minimum Gasteiger partial charge on any atom is -0.385 e. The predicted octanol–water partition coefficient (Wildman–Crippen LogP) is 1.96. The minimum atomic E-state index is -0.450. The molecule has 10 heteroatoms. The molecule has 2 aromatic heterocycles. The summed E-state index contributed by atoms with van der Waals surface area (Å²) in [5, 5.41) is 12.2. The molecule has 134 valence electrons. The van der Waals surface area contributed by atoms with Crippen molar-refractivity contribution >= 4 is 40.0 Å². The summed E-state index contributed by atoms with van der Waals surface area (Å²) in [5.74, 6) is 0.0601. The summed E-state index contributed by atoms with van der Waals surface area (Å²) in [7, 11) is 0. The Morgan fingerprint density at radius 2 is 2.08 bits per heavy atom. The second-order valence-electron chi connectivity index (χ2n) is 5.16. The fourth-order valence-electron chi connectivity index (χ4n) is 2.14. The van der Waals surface area contributed by atoms with Gasteiger partial charge in [0.2, 0.25) is 11.0 Å². The molecule has 3 rings (SSSR count). The van der Waals surface area contributed by atoms with Crippen molar-refractivity contribution in [3.63, 3.8) is 0 Å². The van der Waals surface area contributed by atoms with Gasteiger partial charge < -0.3 is 5.73 Å². The zero-order chi connectivity index (χ0) is 18.5. The molecule has 2 heterocycles. The van der Waals surface area contributed by atoms with Gasteiger partial charge in [-0.3, -0.25) is 19.5 Å². The molecule has 3 aromatic rings. The average molecular weight is 388 g/mol. The number of carbonyl (C=O) groups is 1. The van der Waals surface area contributed by atoms with E-state index < -0.39 is 5.56 Å². The number of nitrogens with two attached hydrogens (primary N) is 1. The highest BCUT2D eigenvalue weighted by atomic mass is 32.2. The van der Waals surface area contributed by atoms with Crippen LogP contribution in [-0.4, -0.2) is 31.4 Å². The van der Waals surface area contributed by atoms with Gasteiger partial charge >= 0.3 is 0 Å². The first-order chi connectivity index (χ1) is 12.6. The number of aromatic nitrogens is 4. The van der Waals surface area contributed by atoms with Crippen LogP contribution in [0.5, 0.6) is 0 Å². The van der Waals surface area contributed by atoms with Crippen molar-refractivity contribution in [2.24, 2.45) is 0 Å². The third kappa shape index (κ3) is 4.27. The Morgan fingerprint density at radius 3 is 2.77 bits per heavy atom. The number of thioether (sulfide) groups is 1. The van der Waals surface area contributed by atoms with Crippen LogP contribution < -0.4 is 16.6 Å². The maximum atomic E-state index is 12.2. The van der Waals surface area contributed by atoms with Crippen molar-refractivity contribution in [2.75, 3.05) is 16.8 Å². The van der Waals surface area contributed by atoms with E-state index in [1.807, 2.05) is 37.3 Å². The van der Waals surface area contributed by atoms with Gasteiger partial charge in [0.25, 0.3) is 5.56 Å². The topological polar surface area (TPSA) is 116 Å². The van der Waals surface area contributed by atoms with Gasteiger partial charge in [-0.15, -0.1) is 10.2 Å². The van der Waals surface area contributed by atoms with Crippen LogP contribution in [0.25, 0.3) is 5.69 Å². The molecule has 8 nitrogen and oxygen atoms in total. The number of hydrogen-bond acceptors (Lipinski definition) is 8. The van der Waals surface area contributed by atoms with E-state index in [-0.39, 0.29) is 17.5 Å². The lowest BCUT2D eigenvalue weighted by atomic mass is 10.3. The lowest BCUT2D eigenvalue weighted by molar-refractivity contribution is -0.113. The molecule has 3 N–H and O–H groups in total. The molecule has 0 spiro atoms. The smallest absolute Gasteiger partial charge is 0.275 e. The van der Waals surface area contributed by atoms with E-state index >= 15 is 0 Å². The van der Waals surface area contributed by atoms with Crippen LogP contribution in [0.4, 0.5) is 10.9 Å². The first kappa shape index (κ1) is 18.1. The molecule has 1 aromatic carbocycles. The molecule has 26 heavy (non-hydrogen) atoms. The number of aryl methyl sites for hydroxylation is 1. The van der Waals surface area contributed by atoms with E-state index in [2.05, 4.69) is 20.5 Å². The number of nitrogens with zero attached hydrogens (tertiary/aromatic N) is 4. The first-order valence-corrected chi connectivity index (χ1v) is 9.57. The number of nitrogen functional groups attached to an aromatic ring is 1. The molecule has 0 saturated heterocycles. The van der Waals surface area contributed by atoms with E-state index in [4.69, 9.17) is 5.73 Å². The third-order valence-electron chi connectivity index (χ3n) is 3.29. The first-order valence-electron chi connectivity index (χ1n) is 7.77. The number of anilines is 2. The largest absolute Gasteiger partial charge is 0.385 e. The molecule has 0 unspecified atom stereocenters. The molecule has 1 amide bonds. The summed E-state index contributed by atoms with van der Waals surface area (Å²) >= 11 is 2.46. The van der Waals surface area contributed by atoms with Crippen LogP contribution in [0.15, 0.2) is 46.3 Å². The quantitative estimate of drug-likeness (QED) is 0.490. The van der Waals surface area contributed by atoms with Crippen LogP contribution >= 0.6 is 23.1 Å². The van der Waals surface area contributed by atoms with Gasteiger partial charge in [0.05, 0.1) is 5.75 Å². The van der Waals surface area contributed by atoms with Crippen molar-refractivity contribution in [3.8, 4) is 5.69 Å². The molecule has 0 aliphatic carbocycles. The fraction of sp³-hybridized carbons (Fsp3) is 0.188. The average Bonchev–Trinajstić information content (AvgIpc) is 3.08. The summed E-state index contributed by atoms with van der Waals surface area (Å²) in [6, 6.07) is 10.5. The lowest BCUT2D eigenvalue weighted by Gasteiger charge is -2.14. The third-order valence-corrected chi connectivity index (χ3v) is 5.21. The predicted molar refractivity (Wildman–Crippen MR) is 103 cm³/mol. The molecule has 0 aliphatic heterocycles. The summed E-state index contributed by atoms with van der Waals surface area (Å²) in [6.07, 6.45) is 0.763. The van der Waals surface area contributed by atoms with Crippen molar-refractivity contribution in [2.45, 2.75) is 18.5 Å². The number of hydrogen-bond donors (Lipinski definition) is 2. The van der Waals surface area contributed by atoms with Gasteiger partial charge in [0.1, 0.15) is 10.8 Å². The van der Waals surface area contributed by atoms with E-state index in [0.29, 0.717) is 10.3 Å². The van der Waals surface area contributed by atoms with Crippen LogP contribution in [0.2, 0.25) is 0 Å². The summed E-state index contributed by atoms with van der Waals surface area (Å²) in [6.45, 7) is 1.97. The van der Waals surface area contributed by atoms with Crippen LogP contribution in [0.3, 0.4) is 0 Å². The van der Waals surface area contributed by atoms with Gasteiger partial charge in [-0.05, 0) is 18.6 Å². The lowest BCUT2D eigenvalue weighted by Crippen LogP contribution is -2.19. The molecular weight excluding hydrogens is 372 g/mol. The number of nitrogens with one attached hydrogen (secondary N) is 1. The van der Waals surface area contributed by atoms with Crippen LogP contribution in [-0.2, 0) is 11.2 Å². The van der Waals surface area contributed by atoms with E-state index in [1.165, 1.54) is 17.4 Å². The molecule has 0 bridgehead atoms. The van der Waals surface area contributed by atoms with Gasteiger partial charge in [0.15, 0.2) is 5.16 Å². The summed E-state index contributed by atoms with van der Waals surface area (Å²) in [4.78, 5) is 27.9. The molecule has 0 atom stereocenters. The number of carbonyl (C=O) groups excluding carboxylic acids is 1. The Kier molecular flexibility index (Phi) is 5.64. The van der Waals surface area contributed by atoms with Crippen molar-refractivity contribution in [1.82, 2.24) is 19.7 Å². The SMILES string of the molecule is CCc1nnc(NC(=O)CSc2nc(=O)cc(N)n2-c2ccccc2)s1. The van der Waals surface area contributed by atoms with E-state index in [0.717, 1.165) is 28.9 Å². The highest BCUT2D eigenvalue weighted by molar-refractivity contribution is 7.99. The van der Waals surface area contributed by atoms with Gasteiger partial charge in [0, 0.05) is 11.8 Å². The fourth-order valence-corrected chi connectivity index (χ4v) is 3.67. The minimum absolute atomic E-state index is 0.0593. The highest BCUT2D eigenvalue weighted by Crippen LogP contribution is 2.23. The molecular formula is C16H16N6O2S2. The number of para-hydroxylation sites is 1. The second-order valence-corrected chi connectivity index (χ2v) is 7.17. The van der Waals surface area contributed by atoms with Crippen LogP contribution in [0, 0.1) is 0 Å². The van der Waals surface area contributed by atoms with Crippen molar-refractivity contribution in [3.05, 3.63) is 51.8 Å². The van der Waals surface area contributed by atoms with E-state index in [1.54, 1.807) is 4.57 Å². The highest BCUT2D eigenvalue weighted by Gasteiger charge is 2.13. The zero-order valence-electron chi connectivity index (χ0n) is 13.9. The second kappa shape index (κ2) is 8.11. The standard InChI is InChI=1S/C16H16N6O2S2/c1-2-14-20-21-15(26-14)18-13(24)9-25-16-19-12(23)8-11(17)22(16)10-6-4-3-5-7-10/h3-8H,2,9,17H2,1H3,(H,18,21,24). The van der Waals surface area contributed by atoms with Gasteiger partial charge in [-0.1, -0.05) is 48.2 Å². The Bertz CT molecular complexity index is 970. The molecule has 0 fully saturated rings. The summed E-state index contributed by atoms with van der Waals surface area (Å²) < 4.78 is 1.64. The maximum absolute atomic E-state index is 12.2. The maximum Gasteiger partial charge on any atom is 0.275 e.